The first-order valence-electron chi connectivity index (χ1n) is 4.61. The highest BCUT2D eigenvalue weighted by Gasteiger charge is 2.51. The summed E-state index contributed by atoms with van der Waals surface area (Å²) in [5, 5.41) is 9.75. The van der Waals surface area contributed by atoms with E-state index in [9.17, 15) is 5.11 Å². The fourth-order valence-electron chi connectivity index (χ4n) is 1.57. The minimum Gasteiger partial charge on any atom is -0.387 e. The Bertz CT molecular complexity index is 163. The third-order valence-corrected chi connectivity index (χ3v) is 2.98. The number of aliphatic hydroxyl groups excluding tert-OH is 1. The summed E-state index contributed by atoms with van der Waals surface area (Å²) in [6, 6.07) is 0. The quantitative estimate of drug-likeness (QED) is 0.654. The zero-order valence-corrected chi connectivity index (χ0v) is 8.08. The summed E-state index contributed by atoms with van der Waals surface area (Å²) >= 11 is 0. The molecule has 0 aliphatic carbocycles. The number of ether oxygens (including phenoxy) is 1. The molecule has 12 heavy (non-hydrogen) atoms. The van der Waals surface area contributed by atoms with E-state index in [0.717, 1.165) is 6.42 Å². The minimum absolute atomic E-state index is 0.0556. The standard InChI is InChI=1S/C9H19NO2/c1-4-9(3)8(11)7(12-9)6(2)5-10/h6-8,11H,4-5,10H2,1-3H3. The minimum atomic E-state index is -0.346. The normalized spacial score (nSPS) is 43.8. The number of aliphatic hydroxyl groups is 1. The molecule has 0 aromatic rings. The Hall–Kier alpha value is -0.120. The number of rotatable bonds is 3. The maximum absolute atomic E-state index is 9.75. The lowest BCUT2D eigenvalue weighted by atomic mass is 9.80. The molecule has 1 aliphatic heterocycles. The molecule has 1 heterocycles. The molecule has 4 unspecified atom stereocenters. The molecule has 1 rings (SSSR count). The van der Waals surface area contributed by atoms with Gasteiger partial charge in [-0.15, -0.1) is 0 Å². The van der Waals surface area contributed by atoms with E-state index in [1.54, 1.807) is 0 Å². The monoisotopic (exact) mass is 173 g/mol. The Morgan fingerprint density at radius 1 is 1.67 bits per heavy atom. The van der Waals surface area contributed by atoms with Gasteiger partial charge in [0.05, 0.1) is 11.7 Å². The van der Waals surface area contributed by atoms with E-state index in [-0.39, 0.29) is 23.7 Å². The largest absolute Gasteiger partial charge is 0.387 e. The fraction of sp³-hybridized carbons (Fsp3) is 1.00. The third kappa shape index (κ3) is 1.37. The third-order valence-electron chi connectivity index (χ3n) is 2.98. The topological polar surface area (TPSA) is 55.5 Å². The van der Waals surface area contributed by atoms with Crippen molar-refractivity contribution in [1.29, 1.82) is 0 Å². The van der Waals surface area contributed by atoms with Gasteiger partial charge in [0.15, 0.2) is 0 Å². The van der Waals surface area contributed by atoms with Crippen LogP contribution in [0.3, 0.4) is 0 Å². The molecule has 3 N–H and O–H groups in total. The molecular weight excluding hydrogens is 154 g/mol. The van der Waals surface area contributed by atoms with Crippen LogP contribution in [0.1, 0.15) is 27.2 Å². The van der Waals surface area contributed by atoms with Gasteiger partial charge in [0.2, 0.25) is 0 Å². The molecule has 0 saturated carbocycles. The average Bonchev–Trinajstić information content (AvgIpc) is 2.11. The zero-order chi connectivity index (χ0) is 9.35. The molecule has 72 valence electrons. The highest BCUT2D eigenvalue weighted by atomic mass is 16.6. The molecule has 0 bridgehead atoms. The predicted octanol–water partition coefficient (Wildman–Crippen LogP) is 0.510. The van der Waals surface area contributed by atoms with E-state index in [4.69, 9.17) is 10.5 Å². The van der Waals surface area contributed by atoms with Crippen LogP contribution in [-0.4, -0.2) is 29.5 Å². The molecule has 0 amide bonds. The SMILES string of the molecule is CCC1(C)OC(C(C)CN)C1O. The van der Waals surface area contributed by atoms with Gasteiger partial charge in [-0.3, -0.25) is 0 Å². The van der Waals surface area contributed by atoms with Gasteiger partial charge < -0.3 is 15.6 Å². The second-order valence-corrected chi connectivity index (χ2v) is 3.91. The number of hydrogen-bond acceptors (Lipinski definition) is 3. The second kappa shape index (κ2) is 3.32. The average molecular weight is 173 g/mol. The second-order valence-electron chi connectivity index (χ2n) is 3.91. The van der Waals surface area contributed by atoms with Gasteiger partial charge in [-0.2, -0.15) is 0 Å². The zero-order valence-electron chi connectivity index (χ0n) is 8.08. The summed E-state index contributed by atoms with van der Waals surface area (Å²) in [5.41, 5.74) is 5.16. The van der Waals surface area contributed by atoms with Crippen LogP contribution in [-0.2, 0) is 4.74 Å². The lowest BCUT2D eigenvalue weighted by molar-refractivity contribution is -0.295. The molecule has 0 radical (unpaired) electrons. The first-order chi connectivity index (χ1) is 5.55. The fourth-order valence-corrected chi connectivity index (χ4v) is 1.57. The molecule has 1 aliphatic rings. The van der Waals surface area contributed by atoms with Gasteiger partial charge in [-0.05, 0) is 25.8 Å². The molecule has 0 aromatic carbocycles. The van der Waals surface area contributed by atoms with Crippen LogP contribution < -0.4 is 5.73 Å². The van der Waals surface area contributed by atoms with E-state index < -0.39 is 0 Å². The smallest absolute Gasteiger partial charge is 0.109 e. The van der Waals surface area contributed by atoms with Crippen molar-refractivity contribution < 1.29 is 9.84 Å². The lowest BCUT2D eigenvalue weighted by Crippen LogP contribution is -2.65. The Labute approximate surface area is 73.9 Å². The summed E-state index contributed by atoms with van der Waals surface area (Å²) in [4.78, 5) is 0. The molecule has 3 nitrogen and oxygen atoms in total. The van der Waals surface area contributed by atoms with Crippen LogP contribution in [0.4, 0.5) is 0 Å². The molecule has 1 saturated heterocycles. The van der Waals surface area contributed by atoms with Crippen molar-refractivity contribution >= 4 is 0 Å². The van der Waals surface area contributed by atoms with E-state index in [2.05, 4.69) is 0 Å². The summed E-state index contributed by atoms with van der Waals surface area (Å²) in [5.74, 6) is 0.250. The molecule has 4 atom stereocenters. The highest BCUT2D eigenvalue weighted by molar-refractivity contribution is 5.00. The van der Waals surface area contributed by atoms with Gasteiger partial charge in [-0.1, -0.05) is 13.8 Å². The van der Waals surface area contributed by atoms with E-state index in [1.165, 1.54) is 0 Å². The number of nitrogens with two attached hydrogens (primary N) is 1. The maximum Gasteiger partial charge on any atom is 0.109 e. The Morgan fingerprint density at radius 3 is 2.58 bits per heavy atom. The lowest BCUT2D eigenvalue weighted by Gasteiger charge is -2.52. The van der Waals surface area contributed by atoms with Crippen LogP contribution in [0, 0.1) is 5.92 Å². The summed E-state index contributed by atoms with van der Waals surface area (Å²) < 4.78 is 5.61. The van der Waals surface area contributed by atoms with Crippen molar-refractivity contribution in [2.45, 2.75) is 45.0 Å². The van der Waals surface area contributed by atoms with Gasteiger partial charge in [-0.25, -0.2) is 0 Å². The van der Waals surface area contributed by atoms with E-state index in [1.807, 2.05) is 20.8 Å². The van der Waals surface area contributed by atoms with Crippen molar-refractivity contribution in [1.82, 2.24) is 0 Å². The first-order valence-corrected chi connectivity index (χ1v) is 4.61. The predicted molar refractivity (Wildman–Crippen MR) is 47.8 cm³/mol. The van der Waals surface area contributed by atoms with Crippen molar-refractivity contribution in [3.63, 3.8) is 0 Å². The van der Waals surface area contributed by atoms with Crippen LogP contribution in [0.2, 0.25) is 0 Å². The Kier molecular flexibility index (Phi) is 2.76. The summed E-state index contributed by atoms with van der Waals surface area (Å²) in [7, 11) is 0. The molecule has 0 spiro atoms. The molecule has 3 heteroatoms. The Morgan fingerprint density at radius 2 is 2.25 bits per heavy atom. The van der Waals surface area contributed by atoms with Crippen molar-refractivity contribution in [2.75, 3.05) is 6.54 Å². The van der Waals surface area contributed by atoms with Crippen molar-refractivity contribution in [3.8, 4) is 0 Å². The van der Waals surface area contributed by atoms with Crippen molar-refractivity contribution in [2.24, 2.45) is 11.7 Å². The summed E-state index contributed by atoms with van der Waals surface area (Å²) in [6.45, 7) is 6.54. The van der Waals surface area contributed by atoms with Gasteiger partial charge in [0.25, 0.3) is 0 Å². The molecular formula is C9H19NO2. The first kappa shape index (κ1) is 9.96. The van der Waals surface area contributed by atoms with E-state index in [0.29, 0.717) is 6.54 Å². The maximum atomic E-state index is 9.75. The molecule has 0 aromatic heterocycles. The molecule has 1 fully saturated rings. The van der Waals surface area contributed by atoms with Gasteiger partial charge in [0.1, 0.15) is 6.10 Å². The Balaban J connectivity index is 2.48. The number of hydrogen-bond donors (Lipinski definition) is 2. The van der Waals surface area contributed by atoms with Crippen molar-refractivity contribution in [3.05, 3.63) is 0 Å². The van der Waals surface area contributed by atoms with E-state index >= 15 is 0 Å². The van der Waals surface area contributed by atoms with Crippen LogP contribution in [0.25, 0.3) is 0 Å². The van der Waals surface area contributed by atoms with Crippen LogP contribution in [0.15, 0.2) is 0 Å². The summed E-state index contributed by atoms with van der Waals surface area (Å²) in [6.07, 6.45) is 0.447. The van der Waals surface area contributed by atoms with Gasteiger partial charge >= 0.3 is 0 Å². The highest BCUT2D eigenvalue weighted by Crippen LogP contribution is 2.38. The van der Waals surface area contributed by atoms with Crippen LogP contribution in [0.5, 0.6) is 0 Å². The van der Waals surface area contributed by atoms with Gasteiger partial charge in [0, 0.05) is 0 Å². The van der Waals surface area contributed by atoms with Crippen LogP contribution >= 0.6 is 0 Å².